The molecule has 98 valence electrons. The molecule has 1 aliphatic rings. The smallest absolute Gasteiger partial charge is 0.189 e. The van der Waals surface area contributed by atoms with E-state index in [1.807, 2.05) is 12.1 Å². The molecule has 1 heterocycles. The zero-order chi connectivity index (χ0) is 13.1. The van der Waals surface area contributed by atoms with E-state index >= 15 is 0 Å². The van der Waals surface area contributed by atoms with Gasteiger partial charge in [0.1, 0.15) is 0 Å². The highest BCUT2D eigenvalue weighted by atomic mass is 35.7. The first kappa shape index (κ1) is 13.5. The molecule has 3 rings (SSSR count). The highest BCUT2D eigenvalue weighted by Crippen LogP contribution is 2.68. The van der Waals surface area contributed by atoms with E-state index in [0.29, 0.717) is 5.25 Å². The molecule has 19 heavy (non-hydrogen) atoms. The summed E-state index contributed by atoms with van der Waals surface area (Å²) >= 11 is 8.06. The van der Waals surface area contributed by atoms with E-state index in [2.05, 4.69) is 48.5 Å². The van der Waals surface area contributed by atoms with Gasteiger partial charge < -0.3 is 4.52 Å². The fourth-order valence-electron chi connectivity index (χ4n) is 2.23. The summed E-state index contributed by atoms with van der Waals surface area (Å²) in [6, 6.07) is 20.9. The molecule has 0 N–H and O–H groups in total. The standard InChI is InChI=1S/C15H14ClOPS/c16-18-17-14(12-7-3-1-4-8-12)11-15(19-18)13-9-5-2-6-10-13/h1-10,14-15H,11H2. The van der Waals surface area contributed by atoms with Crippen molar-refractivity contribution in [1.82, 2.24) is 0 Å². The zero-order valence-electron chi connectivity index (χ0n) is 10.3. The van der Waals surface area contributed by atoms with Crippen LogP contribution in [-0.2, 0) is 4.52 Å². The van der Waals surface area contributed by atoms with Gasteiger partial charge in [0.2, 0.25) is 0 Å². The largest absolute Gasteiger partial charge is 0.327 e. The molecule has 3 atom stereocenters. The van der Waals surface area contributed by atoms with Crippen molar-refractivity contribution in [1.29, 1.82) is 0 Å². The molecule has 0 spiro atoms. The van der Waals surface area contributed by atoms with Gasteiger partial charge in [0.25, 0.3) is 0 Å². The maximum atomic E-state index is 6.31. The van der Waals surface area contributed by atoms with Gasteiger partial charge in [-0.2, -0.15) is 0 Å². The van der Waals surface area contributed by atoms with Gasteiger partial charge >= 0.3 is 0 Å². The van der Waals surface area contributed by atoms with Gasteiger partial charge in [-0.3, -0.25) is 0 Å². The van der Waals surface area contributed by atoms with Crippen LogP contribution in [0.15, 0.2) is 60.7 Å². The molecular weight excluding hydrogens is 295 g/mol. The summed E-state index contributed by atoms with van der Waals surface area (Å²) in [5, 5.41) is 0.420. The third-order valence-corrected chi connectivity index (χ3v) is 6.97. The average Bonchev–Trinajstić information content (AvgIpc) is 2.48. The van der Waals surface area contributed by atoms with E-state index < -0.39 is 6.70 Å². The molecule has 0 aromatic heterocycles. The second-order valence-corrected chi connectivity index (χ2v) is 9.02. The lowest BCUT2D eigenvalue weighted by Gasteiger charge is -2.32. The first-order valence-corrected chi connectivity index (χ1v) is 9.87. The Kier molecular flexibility index (Phi) is 4.45. The summed E-state index contributed by atoms with van der Waals surface area (Å²) in [7, 11) is 0. The molecule has 0 amide bonds. The lowest BCUT2D eigenvalue weighted by atomic mass is 10.0. The Labute approximate surface area is 123 Å². The van der Waals surface area contributed by atoms with Gasteiger partial charge in [0.15, 0.2) is 6.70 Å². The molecule has 0 saturated carbocycles. The molecule has 0 aliphatic carbocycles. The van der Waals surface area contributed by atoms with Crippen molar-refractivity contribution in [3.8, 4) is 0 Å². The monoisotopic (exact) mass is 308 g/mol. The van der Waals surface area contributed by atoms with E-state index in [4.69, 9.17) is 15.8 Å². The molecule has 1 saturated heterocycles. The quantitative estimate of drug-likeness (QED) is 0.621. The molecule has 0 radical (unpaired) electrons. The maximum absolute atomic E-state index is 6.31. The lowest BCUT2D eigenvalue weighted by Crippen LogP contribution is -2.09. The highest BCUT2D eigenvalue weighted by Gasteiger charge is 2.31. The van der Waals surface area contributed by atoms with Gasteiger partial charge in [-0.05, 0) is 17.5 Å². The van der Waals surface area contributed by atoms with Gasteiger partial charge in [-0.25, -0.2) is 0 Å². The number of rotatable bonds is 2. The first-order valence-electron chi connectivity index (χ1n) is 6.22. The number of hydrogen-bond donors (Lipinski definition) is 0. The van der Waals surface area contributed by atoms with Crippen LogP contribution in [0.1, 0.15) is 28.9 Å². The summed E-state index contributed by atoms with van der Waals surface area (Å²) in [6.45, 7) is -0.929. The third-order valence-electron chi connectivity index (χ3n) is 3.19. The Hall–Kier alpha value is -0.530. The Morgan fingerprint density at radius 3 is 2.16 bits per heavy atom. The van der Waals surface area contributed by atoms with Crippen LogP contribution in [0.2, 0.25) is 0 Å². The van der Waals surface area contributed by atoms with E-state index in [9.17, 15) is 0 Å². The fraction of sp³-hybridized carbons (Fsp3) is 0.200. The van der Waals surface area contributed by atoms with Crippen molar-refractivity contribution in [3.63, 3.8) is 0 Å². The topological polar surface area (TPSA) is 9.23 Å². The zero-order valence-corrected chi connectivity index (χ0v) is 12.7. The Bertz CT molecular complexity index is 475. The van der Waals surface area contributed by atoms with Crippen LogP contribution in [0, 0.1) is 0 Å². The van der Waals surface area contributed by atoms with Crippen molar-refractivity contribution in [2.75, 3.05) is 0 Å². The van der Waals surface area contributed by atoms with Crippen LogP contribution in [0.5, 0.6) is 0 Å². The second-order valence-electron chi connectivity index (χ2n) is 4.46. The van der Waals surface area contributed by atoms with Crippen molar-refractivity contribution >= 4 is 29.3 Å². The van der Waals surface area contributed by atoms with Crippen molar-refractivity contribution < 1.29 is 4.52 Å². The van der Waals surface area contributed by atoms with Gasteiger partial charge in [0, 0.05) is 5.25 Å². The minimum absolute atomic E-state index is 0.108. The van der Waals surface area contributed by atoms with Crippen molar-refractivity contribution in [3.05, 3.63) is 71.8 Å². The van der Waals surface area contributed by atoms with Gasteiger partial charge in [0.05, 0.1) is 6.10 Å². The van der Waals surface area contributed by atoms with Crippen LogP contribution in [-0.4, -0.2) is 0 Å². The van der Waals surface area contributed by atoms with Crippen LogP contribution in [0.25, 0.3) is 0 Å². The first-order chi connectivity index (χ1) is 9.33. The predicted octanol–water partition coefficient (Wildman–Crippen LogP) is 6.09. The minimum atomic E-state index is -0.929. The molecule has 2 aromatic carbocycles. The molecule has 1 nitrogen and oxygen atoms in total. The minimum Gasteiger partial charge on any atom is -0.327 e. The van der Waals surface area contributed by atoms with Crippen molar-refractivity contribution in [2.45, 2.75) is 17.8 Å². The molecule has 0 bridgehead atoms. The SMILES string of the molecule is ClP1OC(c2ccccc2)CC(c2ccccc2)S1. The van der Waals surface area contributed by atoms with Crippen LogP contribution < -0.4 is 0 Å². The van der Waals surface area contributed by atoms with Gasteiger partial charge in [-0.1, -0.05) is 83.3 Å². The number of hydrogen-bond acceptors (Lipinski definition) is 2. The number of benzene rings is 2. The van der Waals surface area contributed by atoms with Crippen LogP contribution in [0.3, 0.4) is 0 Å². The Morgan fingerprint density at radius 1 is 0.947 bits per heavy atom. The molecule has 3 unspecified atom stereocenters. The Balaban J connectivity index is 1.82. The summed E-state index contributed by atoms with van der Waals surface area (Å²) < 4.78 is 5.92. The van der Waals surface area contributed by atoms with Crippen molar-refractivity contribution in [2.24, 2.45) is 0 Å². The molecular formula is C15H14ClOPS. The summed E-state index contributed by atoms with van der Waals surface area (Å²) in [6.07, 6.45) is 1.08. The van der Waals surface area contributed by atoms with Crippen LogP contribution >= 0.6 is 29.3 Å². The molecule has 2 aromatic rings. The molecule has 1 aliphatic heterocycles. The lowest BCUT2D eigenvalue weighted by molar-refractivity contribution is 0.222. The van der Waals surface area contributed by atoms with E-state index in [1.54, 1.807) is 11.4 Å². The maximum Gasteiger partial charge on any atom is 0.189 e. The Morgan fingerprint density at radius 2 is 1.53 bits per heavy atom. The average molecular weight is 309 g/mol. The predicted molar refractivity (Wildman–Crippen MR) is 84.4 cm³/mol. The normalized spacial score (nSPS) is 27.1. The molecule has 4 heteroatoms. The van der Waals surface area contributed by atoms with E-state index in [0.717, 1.165) is 6.42 Å². The highest BCUT2D eigenvalue weighted by molar-refractivity contribution is 8.61. The fourth-order valence-corrected chi connectivity index (χ4v) is 6.27. The third kappa shape index (κ3) is 3.32. The van der Waals surface area contributed by atoms with E-state index in [1.165, 1.54) is 11.1 Å². The summed E-state index contributed by atoms with van der Waals surface area (Å²) in [5.74, 6) is 0. The van der Waals surface area contributed by atoms with E-state index in [-0.39, 0.29) is 6.10 Å². The molecule has 1 fully saturated rings. The van der Waals surface area contributed by atoms with Crippen LogP contribution in [0.4, 0.5) is 0 Å². The summed E-state index contributed by atoms with van der Waals surface area (Å²) in [4.78, 5) is 0. The van der Waals surface area contributed by atoms with Gasteiger partial charge in [-0.15, -0.1) is 0 Å². The number of halogens is 1. The second kappa shape index (κ2) is 6.28. The summed E-state index contributed by atoms with van der Waals surface area (Å²) in [5.41, 5.74) is 2.56.